The highest BCUT2D eigenvalue weighted by Crippen LogP contribution is 2.23. The van der Waals surface area contributed by atoms with E-state index >= 15 is 0 Å². The standard InChI is InChI=1S/C30H39Cl2N3O4/c1-2-3-4-5-6-7-8-9-10-11-12-13-28(36)33-22-29(37)35-34-21-23-14-17-25(18-15-23)39-30(38)26-19-16-24(31)20-27(26)32/h14-21H,2-13,22H2,1H3,(H,33,36)(H,35,37)/b34-21-. The third-order valence-corrected chi connectivity index (χ3v) is 6.65. The van der Waals surface area contributed by atoms with Crippen LogP contribution >= 0.6 is 23.2 Å². The molecular weight excluding hydrogens is 537 g/mol. The summed E-state index contributed by atoms with van der Waals surface area (Å²) in [7, 11) is 0. The number of nitrogens with zero attached hydrogens (tertiary/aromatic N) is 1. The number of carbonyl (C=O) groups excluding carboxylic acids is 3. The lowest BCUT2D eigenvalue weighted by atomic mass is 10.1. The second-order valence-corrected chi connectivity index (χ2v) is 10.3. The molecule has 2 aromatic carbocycles. The molecule has 0 atom stereocenters. The Morgan fingerprint density at radius 3 is 2.05 bits per heavy atom. The number of unbranched alkanes of at least 4 members (excludes halogenated alkanes) is 10. The van der Waals surface area contributed by atoms with E-state index in [9.17, 15) is 14.4 Å². The molecule has 0 aromatic heterocycles. The van der Waals surface area contributed by atoms with Crippen molar-refractivity contribution in [3.8, 4) is 5.75 Å². The van der Waals surface area contributed by atoms with Gasteiger partial charge in [0.15, 0.2) is 0 Å². The maximum atomic E-state index is 12.3. The third kappa shape index (κ3) is 14.2. The molecule has 0 unspecified atom stereocenters. The number of amides is 2. The molecule has 0 aliphatic heterocycles. The molecule has 212 valence electrons. The van der Waals surface area contributed by atoms with Crippen molar-refractivity contribution in [2.24, 2.45) is 5.10 Å². The lowest BCUT2D eigenvalue weighted by molar-refractivity contribution is -0.126. The lowest BCUT2D eigenvalue weighted by Gasteiger charge is -2.06. The number of hydrogen-bond donors (Lipinski definition) is 2. The summed E-state index contributed by atoms with van der Waals surface area (Å²) in [5.41, 5.74) is 3.27. The summed E-state index contributed by atoms with van der Waals surface area (Å²) >= 11 is 11.9. The number of benzene rings is 2. The molecule has 2 aromatic rings. The zero-order chi connectivity index (χ0) is 28.3. The maximum Gasteiger partial charge on any atom is 0.345 e. The van der Waals surface area contributed by atoms with Gasteiger partial charge in [0.1, 0.15) is 5.75 Å². The monoisotopic (exact) mass is 575 g/mol. The zero-order valence-electron chi connectivity index (χ0n) is 22.6. The van der Waals surface area contributed by atoms with Gasteiger partial charge in [-0.05, 0) is 54.4 Å². The summed E-state index contributed by atoms with van der Waals surface area (Å²) < 4.78 is 5.32. The Morgan fingerprint density at radius 1 is 0.821 bits per heavy atom. The number of rotatable bonds is 18. The van der Waals surface area contributed by atoms with Crippen LogP contribution in [0, 0.1) is 0 Å². The van der Waals surface area contributed by atoms with Crippen molar-refractivity contribution in [1.29, 1.82) is 0 Å². The Morgan fingerprint density at radius 2 is 1.44 bits per heavy atom. The van der Waals surface area contributed by atoms with E-state index in [-0.39, 0.29) is 23.0 Å². The minimum Gasteiger partial charge on any atom is -0.423 e. The summed E-state index contributed by atoms with van der Waals surface area (Å²) in [6.07, 6.45) is 15.4. The van der Waals surface area contributed by atoms with Crippen molar-refractivity contribution < 1.29 is 19.1 Å². The fourth-order valence-electron chi connectivity index (χ4n) is 3.87. The second-order valence-electron chi connectivity index (χ2n) is 9.44. The minimum atomic E-state index is -0.601. The van der Waals surface area contributed by atoms with Crippen molar-refractivity contribution in [2.45, 2.75) is 84.0 Å². The molecule has 39 heavy (non-hydrogen) atoms. The molecule has 0 radical (unpaired) electrons. The molecule has 2 rings (SSSR count). The number of hydrazone groups is 1. The normalized spacial score (nSPS) is 10.9. The molecule has 0 bridgehead atoms. The Kier molecular flexibility index (Phi) is 15.9. The minimum absolute atomic E-state index is 0.129. The van der Waals surface area contributed by atoms with Crippen LogP contribution < -0.4 is 15.5 Å². The number of hydrogen-bond acceptors (Lipinski definition) is 5. The van der Waals surface area contributed by atoms with Gasteiger partial charge in [-0.2, -0.15) is 5.10 Å². The van der Waals surface area contributed by atoms with E-state index < -0.39 is 11.9 Å². The highest BCUT2D eigenvalue weighted by molar-refractivity contribution is 6.36. The van der Waals surface area contributed by atoms with Crippen molar-refractivity contribution in [3.63, 3.8) is 0 Å². The van der Waals surface area contributed by atoms with Crippen molar-refractivity contribution >= 4 is 47.2 Å². The zero-order valence-corrected chi connectivity index (χ0v) is 24.2. The van der Waals surface area contributed by atoms with E-state index in [1.807, 2.05) is 0 Å². The molecular formula is C30H39Cl2N3O4. The highest BCUT2D eigenvalue weighted by atomic mass is 35.5. The van der Waals surface area contributed by atoms with Gasteiger partial charge in [-0.3, -0.25) is 9.59 Å². The number of nitrogens with one attached hydrogen (secondary N) is 2. The molecule has 0 aliphatic rings. The highest BCUT2D eigenvalue weighted by Gasteiger charge is 2.13. The van der Waals surface area contributed by atoms with E-state index in [0.29, 0.717) is 22.8 Å². The van der Waals surface area contributed by atoms with Crippen LogP contribution in [0.25, 0.3) is 0 Å². The molecule has 0 fully saturated rings. The van der Waals surface area contributed by atoms with Crippen molar-refractivity contribution in [1.82, 2.24) is 10.7 Å². The summed E-state index contributed by atoms with van der Waals surface area (Å²) in [4.78, 5) is 36.2. The maximum absolute atomic E-state index is 12.3. The molecule has 0 spiro atoms. The van der Waals surface area contributed by atoms with Gasteiger partial charge >= 0.3 is 5.97 Å². The Bertz CT molecular complexity index is 1070. The van der Waals surface area contributed by atoms with Crippen LogP contribution in [0.15, 0.2) is 47.6 Å². The predicted molar refractivity (Wildman–Crippen MR) is 158 cm³/mol. The summed E-state index contributed by atoms with van der Waals surface area (Å²) in [6.45, 7) is 2.11. The lowest BCUT2D eigenvalue weighted by Crippen LogP contribution is -2.34. The summed E-state index contributed by atoms with van der Waals surface area (Å²) in [5, 5.41) is 7.15. The second kappa shape index (κ2) is 19.2. The Balaban J connectivity index is 1.56. The van der Waals surface area contributed by atoms with E-state index in [1.54, 1.807) is 30.3 Å². The molecule has 7 nitrogen and oxygen atoms in total. The fraction of sp³-hybridized carbons (Fsp3) is 0.467. The van der Waals surface area contributed by atoms with Gasteiger partial charge in [-0.15, -0.1) is 0 Å². The van der Waals surface area contributed by atoms with Gasteiger partial charge in [0, 0.05) is 11.4 Å². The first kappa shape index (κ1) is 32.3. The van der Waals surface area contributed by atoms with Crippen LogP contribution in [0.5, 0.6) is 5.75 Å². The van der Waals surface area contributed by atoms with E-state index in [1.165, 1.54) is 69.7 Å². The number of carbonyl (C=O) groups is 3. The van der Waals surface area contributed by atoms with Gasteiger partial charge in [-0.1, -0.05) is 94.3 Å². The number of esters is 1. The Labute approximate surface area is 241 Å². The molecule has 0 aliphatic carbocycles. The topological polar surface area (TPSA) is 96.9 Å². The summed E-state index contributed by atoms with van der Waals surface area (Å²) in [5.74, 6) is -0.817. The van der Waals surface area contributed by atoms with E-state index in [4.69, 9.17) is 27.9 Å². The van der Waals surface area contributed by atoms with E-state index in [0.717, 1.165) is 19.3 Å². The van der Waals surface area contributed by atoms with Gasteiger partial charge in [0.25, 0.3) is 5.91 Å². The van der Waals surface area contributed by atoms with Crippen LogP contribution in [0.4, 0.5) is 0 Å². The Hall–Kier alpha value is -2.90. The predicted octanol–water partition coefficient (Wildman–Crippen LogP) is 7.48. The van der Waals surface area contributed by atoms with Gasteiger partial charge in [0.05, 0.1) is 23.3 Å². The molecule has 2 N–H and O–H groups in total. The smallest absolute Gasteiger partial charge is 0.345 e. The van der Waals surface area contributed by atoms with Crippen molar-refractivity contribution in [3.05, 3.63) is 63.6 Å². The average Bonchev–Trinajstić information content (AvgIpc) is 2.91. The van der Waals surface area contributed by atoms with Gasteiger partial charge in [-0.25, -0.2) is 10.2 Å². The first-order chi connectivity index (χ1) is 18.9. The van der Waals surface area contributed by atoms with Gasteiger partial charge in [0.2, 0.25) is 5.91 Å². The SMILES string of the molecule is CCCCCCCCCCCCCC(=O)NCC(=O)N/N=C\c1ccc(OC(=O)c2ccc(Cl)cc2Cl)cc1. The fourth-order valence-corrected chi connectivity index (χ4v) is 4.36. The van der Waals surface area contributed by atoms with Crippen LogP contribution in [-0.4, -0.2) is 30.5 Å². The first-order valence-electron chi connectivity index (χ1n) is 13.7. The molecule has 0 saturated heterocycles. The molecule has 0 heterocycles. The molecule has 0 saturated carbocycles. The van der Waals surface area contributed by atoms with Gasteiger partial charge < -0.3 is 10.1 Å². The van der Waals surface area contributed by atoms with Crippen LogP contribution in [0.3, 0.4) is 0 Å². The van der Waals surface area contributed by atoms with E-state index in [2.05, 4.69) is 22.8 Å². The third-order valence-electron chi connectivity index (χ3n) is 6.10. The average molecular weight is 577 g/mol. The molecule has 2 amide bonds. The first-order valence-corrected chi connectivity index (χ1v) is 14.5. The summed E-state index contributed by atoms with van der Waals surface area (Å²) in [6, 6.07) is 11.1. The molecule has 9 heteroatoms. The quantitative estimate of drug-likeness (QED) is 0.0632. The van der Waals surface area contributed by atoms with Crippen LogP contribution in [0.2, 0.25) is 10.0 Å². The van der Waals surface area contributed by atoms with Crippen LogP contribution in [0.1, 0.15) is 99.9 Å². The number of halogens is 2. The largest absolute Gasteiger partial charge is 0.423 e. The number of ether oxygens (including phenoxy) is 1. The van der Waals surface area contributed by atoms with Crippen molar-refractivity contribution in [2.75, 3.05) is 6.54 Å². The van der Waals surface area contributed by atoms with Crippen LogP contribution in [-0.2, 0) is 9.59 Å².